The van der Waals surface area contributed by atoms with E-state index in [1.54, 1.807) is 0 Å². The number of likely N-dealkylation sites (N-methyl/N-ethyl adjacent to an activating group) is 1. The maximum absolute atomic E-state index is 10.2. The predicted octanol–water partition coefficient (Wildman–Crippen LogP) is 3.30. The first-order valence-corrected chi connectivity index (χ1v) is 7.36. The zero-order chi connectivity index (χ0) is 14.9. The summed E-state index contributed by atoms with van der Waals surface area (Å²) in [6, 6.07) is 15.0. The Labute approximate surface area is 126 Å². The number of hydrogen-bond donors (Lipinski definition) is 0. The summed E-state index contributed by atoms with van der Waals surface area (Å²) >= 11 is 0. The van der Waals surface area contributed by atoms with Gasteiger partial charge in [-0.2, -0.15) is 0 Å². The lowest BCUT2D eigenvalue weighted by Gasteiger charge is -2.14. The van der Waals surface area contributed by atoms with E-state index < -0.39 is 0 Å². The molecular weight excluding hydrogens is 258 g/mol. The van der Waals surface area contributed by atoms with E-state index in [0.29, 0.717) is 12.8 Å². The first-order valence-electron chi connectivity index (χ1n) is 7.36. The van der Waals surface area contributed by atoms with Gasteiger partial charge in [0.1, 0.15) is 6.29 Å². The molecule has 0 unspecified atom stereocenters. The molecule has 108 valence electrons. The predicted molar refractivity (Wildman–Crippen MR) is 88.2 cm³/mol. The quantitative estimate of drug-likeness (QED) is 0.459. The Morgan fingerprint density at radius 1 is 1.10 bits per heavy atom. The van der Waals surface area contributed by atoms with E-state index in [2.05, 4.69) is 66.3 Å². The molecule has 2 rings (SSSR count). The van der Waals surface area contributed by atoms with Gasteiger partial charge >= 0.3 is 0 Å². The summed E-state index contributed by atoms with van der Waals surface area (Å²) in [5.74, 6) is 6.13. The van der Waals surface area contributed by atoms with Crippen molar-refractivity contribution in [2.24, 2.45) is 0 Å². The number of nitrogens with zero attached hydrogens (tertiary/aromatic N) is 1. The number of unbranched alkanes of at least 4 members (excludes halogenated alkanes) is 1. The highest BCUT2D eigenvalue weighted by atomic mass is 16.1. The van der Waals surface area contributed by atoms with Crippen LogP contribution in [0.1, 0.15) is 18.4 Å². The number of benzene rings is 2. The molecule has 2 aromatic rings. The SMILES string of the molecule is CN(CC#CCCC=O)CCc1cccc2ccccc12. The van der Waals surface area contributed by atoms with E-state index in [4.69, 9.17) is 0 Å². The van der Waals surface area contributed by atoms with Gasteiger partial charge in [-0.15, -0.1) is 5.92 Å². The number of hydrogen-bond acceptors (Lipinski definition) is 2. The lowest BCUT2D eigenvalue weighted by Crippen LogP contribution is -2.21. The Kier molecular flexibility index (Phi) is 5.99. The number of fused-ring (bicyclic) bond motifs is 1. The number of carbonyl (C=O) groups is 1. The zero-order valence-corrected chi connectivity index (χ0v) is 12.5. The third-order valence-corrected chi connectivity index (χ3v) is 3.50. The Morgan fingerprint density at radius 3 is 2.76 bits per heavy atom. The van der Waals surface area contributed by atoms with E-state index in [1.807, 2.05) is 0 Å². The summed E-state index contributed by atoms with van der Waals surface area (Å²) < 4.78 is 0. The molecule has 21 heavy (non-hydrogen) atoms. The van der Waals surface area contributed by atoms with Gasteiger partial charge in [-0.05, 0) is 29.8 Å². The van der Waals surface area contributed by atoms with Crippen molar-refractivity contribution in [3.8, 4) is 11.8 Å². The summed E-state index contributed by atoms with van der Waals surface area (Å²) in [5.41, 5.74) is 1.38. The van der Waals surface area contributed by atoms with Gasteiger partial charge in [0.2, 0.25) is 0 Å². The van der Waals surface area contributed by atoms with Gasteiger partial charge in [0.15, 0.2) is 0 Å². The number of carbonyl (C=O) groups excluding carboxylic acids is 1. The Morgan fingerprint density at radius 2 is 1.90 bits per heavy atom. The van der Waals surface area contributed by atoms with E-state index in [0.717, 1.165) is 25.8 Å². The Bertz CT molecular complexity index is 646. The van der Waals surface area contributed by atoms with Crippen molar-refractivity contribution in [3.05, 3.63) is 48.0 Å². The molecule has 0 heterocycles. The second kappa shape index (κ2) is 8.24. The smallest absolute Gasteiger partial charge is 0.120 e. The molecule has 0 aliphatic rings. The molecule has 2 aromatic carbocycles. The fraction of sp³-hybridized carbons (Fsp3) is 0.316. The van der Waals surface area contributed by atoms with Crippen LogP contribution in [0.5, 0.6) is 0 Å². The third kappa shape index (κ3) is 4.73. The molecule has 0 saturated carbocycles. The fourth-order valence-electron chi connectivity index (χ4n) is 2.31. The normalized spacial score (nSPS) is 10.4. The molecule has 0 fully saturated rings. The molecule has 0 aliphatic heterocycles. The molecule has 2 heteroatoms. The molecule has 0 radical (unpaired) electrons. The molecule has 0 aromatic heterocycles. The zero-order valence-electron chi connectivity index (χ0n) is 12.5. The molecule has 0 spiro atoms. The molecule has 0 aliphatic carbocycles. The van der Waals surface area contributed by atoms with Crippen LogP contribution in [0.15, 0.2) is 42.5 Å². The van der Waals surface area contributed by atoms with E-state index in [9.17, 15) is 4.79 Å². The standard InChI is InChI=1S/C19H21NO/c1-20(14-6-2-3-7-16-21)15-13-18-11-8-10-17-9-4-5-12-19(17)18/h4-5,8-12,16H,3,7,13-15H2,1H3. The van der Waals surface area contributed by atoms with Crippen LogP contribution in [-0.4, -0.2) is 31.3 Å². The topological polar surface area (TPSA) is 20.3 Å². The van der Waals surface area contributed by atoms with Gasteiger partial charge in [0.05, 0.1) is 6.54 Å². The average molecular weight is 279 g/mol. The first-order chi connectivity index (χ1) is 10.3. The highest BCUT2D eigenvalue weighted by molar-refractivity contribution is 5.85. The van der Waals surface area contributed by atoms with Crippen molar-refractivity contribution in [2.45, 2.75) is 19.3 Å². The van der Waals surface area contributed by atoms with Crippen LogP contribution in [0.2, 0.25) is 0 Å². The number of aldehydes is 1. The molecule has 0 N–H and O–H groups in total. The molecule has 0 amide bonds. The van der Waals surface area contributed by atoms with Crippen LogP contribution in [0, 0.1) is 11.8 Å². The highest BCUT2D eigenvalue weighted by Gasteiger charge is 2.02. The van der Waals surface area contributed by atoms with Crippen LogP contribution in [0.25, 0.3) is 10.8 Å². The van der Waals surface area contributed by atoms with Crippen LogP contribution in [-0.2, 0) is 11.2 Å². The van der Waals surface area contributed by atoms with Crippen LogP contribution >= 0.6 is 0 Å². The first kappa shape index (κ1) is 15.3. The van der Waals surface area contributed by atoms with Gasteiger partial charge in [0, 0.05) is 19.4 Å². The minimum atomic E-state index is 0.534. The van der Waals surface area contributed by atoms with Crippen molar-refractivity contribution in [2.75, 3.05) is 20.1 Å². The maximum atomic E-state index is 10.2. The minimum Gasteiger partial charge on any atom is -0.303 e. The lowest BCUT2D eigenvalue weighted by atomic mass is 10.0. The van der Waals surface area contributed by atoms with E-state index in [1.165, 1.54) is 16.3 Å². The van der Waals surface area contributed by atoms with Gasteiger partial charge < -0.3 is 4.79 Å². The van der Waals surface area contributed by atoms with Gasteiger partial charge in [-0.3, -0.25) is 4.90 Å². The Hall–Kier alpha value is -2.11. The Balaban J connectivity index is 1.89. The van der Waals surface area contributed by atoms with Crippen molar-refractivity contribution < 1.29 is 4.79 Å². The van der Waals surface area contributed by atoms with Gasteiger partial charge in [0.25, 0.3) is 0 Å². The largest absolute Gasteiger partial charge is 0.303 e. The van der Waals surface area contributed by atoms with Crippen LogP contribution in [0.3, 0.4) is 0 Å². The fourth-order valence-corrected chi connectivity index (χ4v) is 2.31. The molecule has 0 bridgehead atoms. The lowest BCUT2D eigenvalue weighted by molar-refractivity contribution is -0.107. The summed E-state index contributed by atoms with van der Waals surface area (Å²) in [5, 5.41) is 2.64. The molecule has 0 saturated heterocycles. The van der Waals surface area contributed by atoms with E-state index in [-0.39, 0.29) is 0 Å². The summed E-state index contributed by atoms with van der Waals surface area (Å²) in [6.07, 6.45) is 3.14. The summed E-state index contributed by atoms with van der Waals surface area (Å²) in [6.45, 7) is 1.74. The molecular formula is C19H21NO. The van der Waals surface area contributed by atoms with E-state index >= 15 is 0 Å². The average Bonchev–Trinajstić information content (AvgIpc) is 2.52. The minimum absolute atomic E-state index is 0.534. The summed E-state index contributed by atoms with van der Waals surface area (Å²) in [4.78, 5) is 12.4. The van der Waals surface area contributed by atoms with Crippen molar-refractivity contribution >= 4 is 17.1 Å². The maximum Gasteiger partial charge on any atom is 0.120 e. The van der Waals surface area contributed by atoms with Crippen molar-refractivity contribution in [3.63, 3.8) is 0 Å². The van der Waals surface area contributed by atoms with Crippen LogP contribution < -0.4 is 0 Å². The van der Waals surface area contributed by atoms with Gasteiger partial charge in [-0.1, -0.05) is 48.4 Å². The number of rotatable bonds is 6. The molecule has 2 nitrogen and oxygen atoms in total. The van der Waals surface area contributed by atoms with Crippen molar-refractivity contribution in [1.82, 2.24) is 4.90 Å². The monoisotopic (exact) mass is 279 g/mol. The van der Waals surface area contributed by atoms with Crippen LogP contribution in [0.4, 0.5) is 0 Å². The summed E-state index contributed by atoms with van der Waals surface area (Å²) in [7, 11) is 2.08. The second-order valence-electron chi connectivity index (χ2n) is 5.18. The highest BCUT2D eigenvalue weighted by Crippen LogP contribution is 2.18. The third-order valence-electron chi connectivity index (χ3n) is 3.50. The molecule has 0 atom stereocenters. The van der Waals surface area contributed by atoms with Crippen molar-refractivity contribution in [1.29, 1.82) is 0 Å². The van der Waals surface area contributed by atoms with Gasteiger partial charge in [-0.25, -0.2) is 0 Å². The second-order valence-corrected chi connectivity index (χ2v) is 5.18.